The summed E-state index contributed by atoms with van der Waals surface area (Å²) in [7, 11) is 0. The maximum atomic E-state index is 11.1. The monoisotopic (exact) mass is 312 g/mol. The van der Waals surface area contributed by atoms with Gasteiger partial charge in [-0.25, -0.2) is 9.78 Å². The van der Waals surface area contributed by atoms with Crippen molar-refractivity contribution in [2.75, 3.05) is 12.4 Å². The highest BCUT2D eigenvalue weighted by Gasteiger charge is 2.01. The summed E-state index contributed by atoms with van der Waals surface area (Å²) in [4.78, 5) is 18.4. The van der Waals surface area contributed by atoms with Gasteiger partial charge in [0.05, 0.1) is 6.61 Å². The molecule has 1 aromatic rings. The Bertz CT molecular complexity index is 500. The summed E-state index contributed by atoms with van der Waals surface area (Å²) in [5.41, 5.74) is 0.453. The molecule has 0 saturated carbocycles. The molecule has 1 rings (SSSR count). The van der Waals surface area contributed by atoms with E-state index in [1.165, 1.54) is 0 Å². The molecule has 0 aliphatic carbocycles. The molecule has 0 amide bonds. The van der Waals surface area contributed by atoms with Gasteiger partial charge in [-0.15, -0.1) is 0 Å². The molecule has 4 nitrogen and oxygen atoms in total. The minimum atomic E-state index is -0.300. The first-order chi connectivity index (χ1) is 9.59. The molecule has 0 radical (unpaired) electrons. The fourth-order valence-electron chi connectivity index (χ4n) is 1.44. The van der Waals surface area contributed by atoms with Crippen LogP contribution in [0, 0.1) is 4.64 Å². The van der Waals surface area contributed by atoms with Crippen LogP contribution in [0.3, 0.4) is 0 Å². The molecule has 20 heavy (non-hydrogen) atoms. The number of nitrogens with zero attached hydrogens (tertiary/aromatic N) is 1. The molecule has 110 valence electrons. The molecule has 0 aromatic carbocycles. The van der Waals surface area contributed by atoms with Crippen LogP contribution in [0.5, 0.6) is 0 Å². The predicted octanol–water partition coefficient (Wildman–Crippen LogP) is 3.91. The number of aromatic amines is 1. The van der Waals surface area contributed by atoms with Crippen molar-refractivity contribution in [3.63, 3.8) is 0 Å². The van der Waals surface area contributed by atoms with Gasteiger partial charge >= 0.3 is 5.97 Å². The van der Waals surface area contributed by atoms with Crippen molar-refractivity contribution in [2.24, 2.45) is 0 Å². The molecule has 0 aliphatic heterocycles. The van der Waals surface area contributed by atoms with Gasteiger partial charge in [-0.3, -0.25) is 0 Å². The Hall–Kier alpha value is -1.14. The third-order valence-corrected chi connectivity index (χ3v) is 3.72. The lowest BCUT2D eigenvalue weighted by Crippen LogP contribution is -2.06. The van der Waals surface area contributed by atoms with Crippen molar-refractivity contribution in [1.82, 2.24) is 9.97 Å². The summed E-state index contributed by atoms with van der Waals surface area (Å²) in [6.07, 6.45) is 5.90. The number of H-pyrrole nitrogens is 1. The maximum absolute atomic E-state index is 11.1. The number of hydrogen-bond acceptors (Lipinski definition) is 5. The van der Waals surface area contributed by atoms with Crippen LogP contribution in [0.4, 0.5) is 0 Å². The number of carbonyl (C=O) groups is 1. The Morgan fingerprint density at radius 2 is 2.20 bits per heavy atom. The van der Waals surface area contributed by atoms with Crippen LogP contribution in [0.2, 0.25) is 0 Å². The molecule has 0 fully saturated rings. The van der Waals surface area contributed by atoms with Gasteiger partial charge < -0.3 is 9.72 Å². The van der Waals surface area contributed by atoms with E-state index in [0.717, 1.165) is 36.6 Å². The van der Waals surface area contributed by atoms with E-state index in [0.29, 0.717) is 16.8 Å². The van der Waals surface area contributed by atoms with E-state index in [-0.39, 0.29) is 5.97 Å². The summed E-state index contributed by atoms with van der Waals surface area (Å²) in [6, 6.07) is 1.77. The van der Waals surface area contributed by atoms with Crippen molar-refractivity contribution < 1.29 is 9.53 Å². The SMILES string of the molecule is C=C(C)C(=O)OCCCCCCSc1nccc(=S)[nH]1. The molecule has 0 atom stereocenters. The lowest BCUT2D eigenvalue weighted by molar-refractivity contribution is -0.139. The second kappa shape index (κ2) is 9.72. The summed E-state index contributed by atoms with van der Waals surface area (Å²) in [5, 5.41) is 0.868. The van der Waals surface area contributed by atoms with Crippen LogP contribution in [0.1, 0.15) is 32.6 Å². The van der Waals surface area contributed by atoms with Gasteiger partial charge in [0, 0.05) is 17.5 Å². The first kappa shape index (κ1) is 16.9. The topological polar surface area (TPSA) is 55.0 Å². The first-order valence-electron chi connectivity index (χ1n) is 6.60. The normalized spacial score (nSPS) is 10.2. The van der Waals surface area contributed by atoms with E-state index < -0.39 is 0 Å². The lowest BCUT2D eigenvalue weighted by Gasteiger charge is -2.04. The zero-order chi connectivity index (χ0) is 14.8. The smallest absolute Gasteiger partial charge is 0.333 e. The highest BCUT2D eigenvalue weighted by Crippen LogP contribution is 2.14. The van der Waals surface area contributed by atoms with Gasteiger partial charge in [-0.05, 0) is 25.8 Å². The molecule has 1 heterocycles. The second-order valence-corrected chi connectivity index (χ2v) is 5.94. The maximum Gasteiger partial charge on any atom is 0.333 e. The fourth-order valence-corrected chi connectivity index (χ4v) is 2.52. The van der Waals surface area contributed by atoms with E-state index in [1.54, 1.807) is 30.9 Å². The quantitative estimate of drug-likeness (QED) is 0.187. The standard InChI is InChI=1S/C14H20N2O2S2/c1-11(2)13(17)18-9-5-3-4-6-10-20-14-15-8-7-12(19)16-14/h7-8H,1,3-6,9-10H2,2H3,(H,15,16,19). The van der Waals surface area contributed by atoms with Crippen LogP contribution in [-0.2, 0) is 9.53 Å². The molecular weight excluding hydrogens is 292 g/mol. The van der Waals surface area contributed by atoms with Gasteiger partial charge in [0.1, 0.15) is 4.64 Å². The van der Waals surface area contributed by atoms with Crippen LogP contribution < -0.4 is 0 Å². The number of thioether (sulfide) groups is 1. The van der Waals surface area contributed by atoms with Crippen molar-refractivity contribution in [1.29, 1.82) is 0 Å². The number of unbranched alkanes of at least 4 members (excludes halogenated alkanes) is 3. The predicted molar refractivity (Wildman–Crippen MR) is 84.4 cm³/mol. The van der Waals surface area contributed by atoms with Crippen molar-refractivity contribution in [2.45, 2.75) is 37.8 Å². The average Bonchev–Trinajstić information content (AvgIpc) is 2.41. The van der Waals surface area contributed by atoms with E-state index in [9.17, 15) is 4.79 Å². The molecular formula is C14H20N2O2S2. The number of carbonyl (C=O) groups excluding carboxylic acids is 1. The Morgan fingerprint density at radius 1 is 1.45 bits per heavy atom. The fraction of sp³-hybridized carbons (Fsp3) is 0.500. The van der Waals surface area contributed by atoms with Crippen molar-refractivity contribution in [3.8, 4) is 0 Å². The number of hydrogen-bond donors (Lipinski definition) is 1. The summed E-state index contributed by atoms with van der Waals surface area (Å²) < 4.78 is 5.73. The Balaban J connectivity index is 1.99. The zero-order valence-corrected chi connectivity index (χ0v) is 13.3. The Morgan fingerprint density at radius 3 is 2.90 bits per heavy atom. The van der Waals surface area contributed by atoms with Crippen molar-refractivity contribution >= 4 is 29.9 Å². The molecule has 0 bridgehead atoms. The number of ether oxygens (including phenoxy) is 1. The van der Waals surface area contributed by atoms with E-state index in [1.807, 2.05) is 0 Å². The highest BCUT2D eigenvalue weighted by atomic mass is 32.2. The largest absolute Gasteiger partial charge is 0.462 e. The number of esters is 1. The molecule has 1 aromatic heterocycles. The molecule has 0 spiro atoms. The van der Waals surface area contributed by atoms with E-state index in [2.05, 4.69) is 16.5 Å². The van der Waals surface area contributed by atoms with E-state index >= 15 is 0 Å². The third kappa shape index (κ3) is 7.45. The summed E-state index contributed by atoms with van der Waals surface area (Å²) in [5.74, 6) is 0.708. The van der Waals surface area contributed by atoms with Crippen molar-refractivity contribution in [3.05, 3.63) is 29.1 Å². The van der Waals surface area contributed by atoms with Crippen LogP contribution in [0.15, 0.2) is 29.6 Å². The van der Waals surface area contributed by atoms with Gasteiger partial charge in [-0.2, -0.15) is 0 Å². The molecule has 0 saturated heterocycles. The number of nitrogens with one attached hydrogen (secondary N) is 1. The highest BCUT2D eigenvalue weighted by molar-refractivity contribution is 7.99. The zero-order valence-electron chi connectivity index (χ0n) is 11.7. The minimum Gasteiger partial charge on any atom is -0.462 e. The van der Waals surface area contributed by atoms with E-state index in [4.69, 9.17) is 17.0 Å². The molecule has 0 unspecified atom stereocenters. The Kier molecular flexibility index (Phi) is 8.22. The summed E-state index contributed by atoms with van der Waals surface area (Å²) >= 11 is 6.71. The second-order valence-electron chi connectivity index (χ2n) is 4.42. The molecule has 6 heteroatoms. The number of aromatic nitrogens is 2. The summed E-state index contributed by atoms with van der Waals surface area (Å²) in [6.45, 7) is 5.67. The van der Waals surface area contributed by atoms with Crippen LogP contribution in [-0.4, -0.2) is 28.3 Å². The van der Waals surface area contributed by atoms with Gasteiger partial charge in [0.15, 0.2) is 5.16 Å². The number of rotatable bonds is 9. The van der Waals surface area contributed by atoms with Gasteiger partial charge in [-0.1, -0.05) is 43.4 Å². The molecule has 0 aliphatic rings. The van der Waals surface area contributed by atoms with Crippen LogP contribution >= 0.6 is 24.0 Å². The lowest BCUT2D eigenvalue weighted by atomic mass is 10.2. The first-order valence-corrected chi connectivity index (χ1v) is 8.00. The Labute approximate surface area is 129 Å². The third-order valence-electron chi connectivity index (χ3n) is 2.51. The van der Waals surface area contributed by atoms with Gasteiger partial charge in [0.25, 0.3) is 0 Å². The average molecular weight is 312 g/mol. The molecule has 1 N–H and O–H groups in total. The van der Waals surface area contributed by atoms with Gasteiger partial charge in [0.2, 0.25) is 0 Å². The van der Waals surface area contributed by atoms with Crippen LogP contribution in [0.25, 0.3) is 0 Å². The minimum absolute atomic E-state index is 0.300.